The number of amides is 2. The van der Waals surface area contributed by atoms with Crippen LogP contribution in [0.4, 0.5) is 11.4 Å². The number of carbonyl (C=O) groups is 5. The highest BCUT2D eigenvalue weighted by Gasteiger charge is 2.44. The Hall–Kier alpha value is -4.80. The number of para-hydroxylation sites is 1. The fourth-order valence-corrected chi connectivity index (χ4v) is 9.18. The number of unbranched alkanes of at least 4 members (excludes halogenated alkanes) is 3. The molecule has 0 fully saturated rings. The highest BCUT2D eigenvalue weighted by molar-refractivity contribution is 7.85. The number of benzene rings is 2. The number of Topliss-reactive ketones (excluding diaryl/α,β-unsaturated/α-hetero) is 1. The van der Waals surface area contributed by atoms with Crippen molar-refractivity contribution < 1.29 is 51.7 Å². The van der Waals surface area contributed by atoms with E-state index in [0.29, 0.717) is 25.1 Å². The van der Waals surface area contributed by atoms with E-state index < -0.39 is 70.0 Å². The minimum Gasteiger partial charge on any atom is -0.481 e. The topological polar surface area (TPSA) is 210 Å². The molecule has 0 aromatic heterocycles. The van der Waals surface area contributed by atoms with Crippen LogP contribution >= 0.6 is 12.6 Å². The number of likely N-dealkylation sites (N-methyl/N-ethyl adjacent to an activating group) is 1. The van der Waals surface area contributed by atoms with Crippen LogP contribution in [0.3, 0.4) is 0 Å². The van der Waals surface area contributed by atoms with Crippen LogP contribution in [0, 0.1) is 5.92 Å². The van der Waals surface area contributed by atoms with Gasteiger partial charge in [0.25, 0.3) is 10.1 Å². The molecule has 0 saturated heterocycles. The van der Waals surface area contributed by atoms with E-state index in [1.54, 1.807) is 19.1 Å². The first-order chi connectivity index (χ1) is 29.2. The van der Waals surface area contributed by atoms with Crippen molar-refractivity contribution in [3.63, 3.8) is 0 Å². The molecule has 5 N–H and O–H groups in total. The third-order valence-corrected chi connectivity index (χ3v) is 13.2. The predicted octanol–water partition coefficient (Wildman–Crippen LogP) is 6.74. The Morgan fingerprint density at radius 1 is 0.871 bits per heavy atom. The normalized spacial score (nSPS) is 17.4. The van der Waals surface area contributed by atoms with E-state index in [9.17, 15) is 47.2 Å². The van der Waals surface area contributed by atoms with Gasteiger partial charge in [0, 0.05) is 60.3 Å². The van der Waals surface area contributed by atoms with E-state index in [2.05, 4.69) is 76.9 Å². The zero-order valence-electron chi connectivity index (χ0n) is 36.6. The summed E-state index contributed by atoms with van der Waals surface area (Å²) in [7, 11) is -4.36. The summed E-state index contributed by atoms with van der Waals surface area (Å²) < 4.78 is 36.0. The number of anilines is 1. The number of rotatable bonds is 24. The maximum absolute atomic E-state index is 13.3. The number of fused-ring (bicyclic) bond motifs is 2. The van der Waals surface area contributed by atoms with E-state index in [4.69, 9.17) is 0 Å². The summed E-state index contributed by atoms with van der Waals surface area (Å²) in [4.78, 5) is 64.3. The lowest BCUT2D eigenvalue weighted by molar-refractivity contribution is -0.438. The van der Waals surface area contributed by atoms with Crippen molar-refractivity contribution in [2.24, 2.45) is 5.92 Å². The molecule has 2 aliphatic heterocycles. The third kappa shape index (κ3) is 12.0. The average molecular weight is 896 g/mol. The second-order valence-electron chi connectivity index (χ2n) is 17.0. The molecule has 0 aliphatic carbocycles. The van der Waals surface area contributed by atoms with Gasteiger partial charge in [0.15, 0.2) is 11.5 Å². The minimum atomic E-state index is -4.36. The summed E-state index contributed by atoms with van der Waals surface area (Å²) in [6, 6.07) is 10.6. The van der Waals surface area contributed by atoms with Crippen molar-refractivity contribution in [1.29, 1.82) is 0 Å². The van der Waals surface area contributed by atoms with Crippen LogP contribution < -0.4 is 15.5 Å². The molecule has 2 aliphatic rings. The summed E-state index contributed by atoms with van der Waals surface area (Å²) in [5.41, 5.74) is 5.39. The van der Waals surface area contributed by atoms with Gasteiger partial charge in [0.1, 0.15) is 12.6 Å². The smallest absolute Gasteiger partial charge is 0.306 e. The Labute approximate surface area is 371 Å². The van der Waals surface area contributed by atoms with Gasteiger partial charge in [-0.2, -0.15) is 25.6 Å². The van der Waals surface area contributed by atoms with Gasteiger partial charge in [0.2, 0.25) is 17.5 Å². The first-order valence-corrected chi connectivity index (χ1v) is 23.5. The highest BCUT2D eigenvalue weighted by Crippen LogP contribution is 2.48. The van der Waals surface area contributed by atoms with Crippen LogP contribution in [-0.4, -0.2) is 93.9 Å². The lowest BCUT2D eigenvalue weighted by atomic mass is 9.81. The van der Waals surface area contributed by atoms with Crippen molar-refractivity contribution >= 4 is 69.4 Å². The molecule has 62 heavy (non-hydrogen) atoms. The number of carbonyl (C=O) groups excluding carboxylic acids is 3. The van der Waals surface area contributed by atoms with Gasteiger partial charge < -0.3 is 25.7 Å². The number of ketones is 1. The summed E-state index contributed by atoms with van der Waals surface area (Å²) in [5.74, 6) is -4.83. The van der Waals surface area contributed by atoms with Crippen molar-refractivity contribution in [3.8, 4) is 0 Å². The molecule has 3 unspecified atom stereocenters. The van der Waals surface area contributed by atoms with E-state index in [-0.39, 0.29) is 35.5 Å². The standard InChI is InChI=1S/C46H62N4O10S2/c1-7-30(44(56)57)27-38(51)35(29-42(53)54)48-43(55)34(18-16-26-61)47-41(52)22-11-9-10-14-25-50-36-19-13-12-17-32(36)45(3,4)40(50)21-15-20-39-46(5,6)33-28-31(62(58,59)60)23-24-37(33)49(39)8-2/h12-13,15,17,19-21,23-24,28,30,34-35H,7-11,14,16,18,22,25-27,29H2,1-6H3,(H5-,47,48,52,53,54,55,56,57,58,59,60,61)/p+1. The molecule has 14 nitrogen and oxygen atoms in total. The summed E-state index contributed by atoms with van der Waals surface area (Å²) in [5, 5.41) is 24.0. The lowest BCUT2D eigenvalue weighted by Crippen LogP contribution is -2.52. The summed E-state index contributed by atoms with van der Waals surface area (Å²) >= 11 is 4.22. The monoisotopic (exact) mass is 895 g/mol. The molecule has 16 heteroatoms. The number of allylic oxidation sites excluding steroid dienone is 4. The number of carboxylic acids is 2. The second kappa shape index (κ2) is 21.5. The summed E-state index contributed by atoms with van der Waals surface area (Å²) in [6.07, 6.45) is 9.19. The van der Waals surface area contributed by atoms with E-state index in [0.717, 1.165) is 54.2 Å². The Morgan fingerprint density at radius 3 is 2.19 bits per heavy atom. The third-order valence-electron chi connectivity index (χ3n) is 12.0. The molecule has 0 spiro atoms. The van der Waals surface area contributed by atoms with Gasteiger partial charge in [-0.05, 0) is 88.5 Å². The Bertz CT molecular complexity index is 2210. The van der Waals surface area contributed by atoms with Crippen LogP contribution in [-0.2, 0) is 44.9 Å². The van der Waals surface area contributed by atoms with E-state index >= 15 is 0 Å². The predicted molar refractivity (Wildman–Crippen MR) is 242 cm³/mol. The number of aliphatic carboxylic acids is 2. The number of thiol groups is 1. The maximum atomic E-state index is 13.3. The largest absolute Gasteiger partial charge is 0.481 e. The zero-order valence-corrected chi connectivity index (χ0v) is 38.4. The van der Waals surface area contributed by atoms with Crippen LogP contribution in [0.5, 0.6) is 0 Å². The van der Waals surface area contributed by atoms with E-state index in [1.165, 1.54) is 11.6 Å². The summed E-state index contributed by atoms with van der Waals surface area (Å²) in [6.45, 7) is 13.6. The van der Waals surface area contributed by atoms with Crippen molar-refractivity contribution in [2.75, 3.05) is 23.7 Å². The molecule has 2 amide bonds. The van der Waals surface area contributed by atoms with Crippen LogP contribution in [0.15, 0.2) is 71.3 Å². The van der Waals surface area contributed by atoms with Crippen LogP contribution in [0.1, 0.15) is 117 Å². The molecule has 2 aromatic carbocycles. The first kappa shape index (κ1) is 49.9. The molecule has 0 bridgehead atoms. The minimum absolute atomic E-state index is 0.131. The molecule has 0 radical (unpaired) electrons. The zero-order chi connectivity index (χ0) is 46.0. The average Bonchev–Trinajstić information content (AvgIpc) is 3.56. The molecule has 338 valence electrons. The Kier molecular flexibility index (Phi) is 17.3. The number of hydrogen-bond donors (Lipinski definition) is 6. The van der Waals surface area contributed by atoms with Crippen molar-refractivity contribution in [3.05, 3.63) is 77.5 Å². The van der Waals surface area contributed by atoms with Crippen molar-refractivity contribution in [2.45, 2.75) is 134 Å². The first-order valence-electron chi connectivity index (χ1n) is 21.4. The van der Waals surface area contributed by atoms with Gasteiger partial charge in [0.05, 0.1) is 28.7 Å². The van der Waals surface area contributed by atoms with Gasteiger partial charge in [-0.25, -0.2) is 0 Å². The fourth-order valence-electron chi connectivity index (χ4n) is 8.49. The van der Waals surface area contributed by atoms with Gasteiger partial charge >= 0.3 is 11.9 Å². The maximum Gasteiger partial charge on any atom is 0.306 e. The second-order valence-corrected chi connectivity index (χ2v) is 18.9. The van der Waals surface area contributed by atoms with Crippen LogP contribution in [0.2, 0.25) is 0 Å². The molecular weight excluding hydrogens is 833 g/mol. The quantitative estimate of drug-likeness (QED) is 0.0281. The molecule has 2 aromatic rings. The number of hydrogen-bond acceptors (Lipinski definition) is 9. The van der Waals surface area contributed by atoms with E-state index in [1.807, 2.05) is 32.9 Å². The van der Waals surface area contributed by atoms with Gasteiger partial charge in [-0.1, -0.05) is 51.5 Å². The number of nitrogens with zero attached hydrogens (tertiary/aromatic N) is 2. The van der Waals surface area contributed by atoms with Gasteiger partial charge in [-0.3, -0.25) is 28.5 Å². The number of carboxylic acid groups (broad SMARTS) is 2. The lowest BCUT2D eigenvalue weighted by Gasteiger charge is -2.25. The van der Waals surface area contributed by atoms with Gasteiger partial charge in [-0.15, -0.1) is 0 Å². The fraction of sp³-hybridized carbons (Fsp3) is 0.522. The molecule has 0 saturated carbocycles. The van der Waals surface area contributed by atoms with Crippen LogP contribution in [0.25, 0.3) is 0 Å². The Balaban J connectivity index is 1.41. The Morgan fingerprint density at radius 2 is 1.56 bits per heavy atom. The molecule has 2 heterocycles. The molecular formula is C46H63N4O10S2+. The molecule has 3 atom stereocenters. The molecule has 4 rings (SSSR count). The highest BCUT2D eigenvalue weighted by atomic mass is 32.2. The van der Waals surface area contributed by atoms with Crippen molar-refractivity contribution in [1.82, 2.24) is 10.6 Å². The number of nitrogens with one attached hydrogen (secondary N) is 2. The SMILES string of the molecule is CCC(CC(=O)C(CC(=O)O)NC(=O)C(CCCS)NC(=O)CCCCCC[N+]1=C(C=CC=C2N(CC)c3ccc(S(=O)(=O)O)cc3C2(C)C)C(C)(C)c2ccccc21)C(=O)O.